The Morgan fingerprint density at radius 2 is 2.17 bits per heavy atom. The molecule has 64 valence electrons. The Morgan fingerprint density at radius 1 is 1.50 bits per heavy atom. The van der Waals surface area contributed by atoms with E-state index in [1.165, 1.54) is 0 Å². The van der Waals surface area contributed by atoms with Gasteiger partial charge in [-0.1, -0.05) is 0 Å². The molecule has 3 nitrogen and oxygen atoms in total. The molecule has 0 aromatic carbocycles. The monoisotopic (exact) mass is 164 g/mol. The summed E-state index contributed by atoms with van der Waals surface area (Å²) in [5.41, 5.74) is 1.11. The van der Waals surface area contributed by atoms with Crippen LogP contribution in [0.3, 0.4) is 0 Å². The SMILES string of the molecule is CCN(C=O)Cc1ccncc1. The first-order valence-electron chi connectivity index (χ1n) is 3.95. The number of hydrogen-bond donors (Lipinski definition) is 0. The van der Waals surface area contributed by atoms with Crippen molar-refractivity contribution in [1.29, 1.82) is 0 Å². The van der Waals surface area contributed by atoms with E-state index in [0.717, 1.165) is 18.5 Å². The van der Waals surface area contributed by atoms with Crippen LogP contribution in [-0.2, 0) is 11.3 Å². The van der Waals surface area contributed by atoms with Gasteiger partial charge in [-0.05, 0) is 24.6 Å². The first-order chi connectivity index (χ1) is 5.86. The average molecular weight is 164 g/mol. The van der Waals surface area contributed by atoms with Crippen molar-refractivity contribution in [2.75, 3.05) is 6.54 Å². The summed E-state index contributed by atoms with van der Waals surface area (Å²) in [7, 11) is 0. The fraction of sp³-hybridized carbons (Fsp3) is 0.333. The molecule has 3 heteroatoms. The summed E-state index contributed by atoms with van der Waals surface area (Å²) in [6, 6.07) is 3.82. The Hall–Kier alpha value is -1.38. The van der Waals surface area contributed by atoms with Crippen LogP contribution in [0.1, 0.15) is 12.5 Å². The van der Waals surface area contributed by atoms with Gasteiger partial charge in [-0.2, -0.15) is 0 Å². The Morgan fingerprint density at radius 3 is 2.67 bits per heavy atom. The fourth-order valence-corrected chi connectivity index (χ4v) is 0.946. The number of hydrogen-bond acceptors (Lipinski definition) is 2. The smallest absolute Gasteiger partial charge is 0.209 e. The Bertz CT molecular complexity index is 236. The first kappa shape index (κ1) is 8.71. The van der Waals surface area contributed by atoms with Crippen LogP contribution in [0.15, 0.2) is 24.5 Å². The van der Waals surface area contributed by atoms with E-state index >= 15 is 0 Å². The van der Waals surface area contributed by atoms with Gasteiger partial charge in [-0.15, -0.1) is 0 Å². The van der Waals surface area contributed by atoms with Crippen molar-refractivity contribution in [2.24, 2.45) is 0 Å². The van der Waals surface area contributed by atoms with Gasteiger partial charge < -0.3 is 4.90 Å². The van der Waals surface area contributed by atoms with Crippen LogP contribution in [0.25, 0.3) is 0 Å². The number of aromatic nitrogens is 1. The van der Waals surface area contributed by atoms with Crippen LogP contribution in [0.2, 0.25) is 0 Å². The lowest BCUT2D eigenvalue weighted by Gasteiger charge is -2.13. The van der Waals surface area contributed by atoms with Gasteiger partial charge in [0.1, 0.15) is 0 Å². The van der Waals surface area contributed by atoms with Gasteiger partial charge in [0.05, 0.1) is 0 Å². The summed E-state index contributed by atoms with van der Waals surface area (Å²) in [5, 5.41) is 0. The molecule has 0 radical (unpaired) electrons. The molecule has 0 unspecified atom stereocenters. The average Bonchev–Trinajstić information content (AvgIpc) is 2.16. The molecule has 0 saturated carbocycles. The molecule has 0 aliphatic carbocycles. The van der Waals surface area contributed by atoms with Crippen molar-refractivity contribution in [2.45, 2.75) is 13.5 Å². The highest BCUT2D eigenvalue weighted by atomic mass is 16.1. The molecule has 1 aromatic rings. The van der Waals surface area contributed by atoms with Crippen molar-refractivity contribution in [1.82, 2.24) is 9.88 Å². The lowest BCUT2D eigenvalue weighted by Crippen LogP contribution is -2.20. The van der Waals surface area contributed by atoms with E-state index in [4.69, 9.17) is 0 Å². The van der Waals surface area contributed by atoms with E-state index < -0.39 is 0 Å². The first-order valence-corrected chi connectivity index (χ1v) is 3.95. The molecule has 1 aromatic heterocycles. The third-order valence-corrected chi connectivity index (χ3v) is 1.69. The molecule has 0 N–H and O–H groups in total. The van der Waals surface area contributed by atoms with E-state index in [9.17, 15) is 4.79 Å². The maximum Gasteiger partial charge on any atom is 0.209 e. The van der Waals surface area contributed by atoms with E-state index in [0.29, 0.717) is 6.54 Å². The number of amides is 1. The molecule has 0 spiro atoms. The number of nitrogens with zero attached hydrogens (tertiary/aromatic N) is 2. The molecular formula is C9H12N2O. The normalized spacial score (nSPS) is 9.42. The summed E-state index contributed by atoms with van der Waals surface area (Å²) in [6.07, 6.45) is 4.32. The van der Waals surface area contributed by atoms with E-state index in [2.05, 4.69) is 4.98 Å². The van der Waals surface area contributed by atoms with Crippen molar-refractivity contribution in [3.8, 4) is 0 Å². The maximum atomic E-state index is 10.5. The molecule has 0 saturated heterocycles. The molecule has 0 aliphatic rings. The third kappa shape index (κ3) is 2.34. The molecule has 1 amide bonds. The molecule has 1 rings (SSSR count). The second kappa shape index (κ2) is 4.49. The van der Waals surface area contributed by atoms with Crippen molar-refractivity contribution in [3.63, 3.8) is 0 Å². The van der Waals surface area contributed by atoms with Gasteiger partial charge in [-0.25, -0.2) is 0 Å². The van der Waals surface area contributed by atoms with E-state index in [-0.39, 0.29) is 0 Å². The molecule has 0 aliphatic heterocycles. The van der Waals surface area contributed by atoms with Gasteiger partial charge in [0, 0.05) is 25.5 Å². The standard InChI is InChI=1S/C9H12N2O/c1-2-11(8-12)7-9-3-5-10-6-4-9/h3-6,8H,2,7H2,1H3. The van der Waals surface area contributed by atoms with Crippen molar-refractivity contribution < 1.29 is 4.79 Å². The Kier molecular flexibility index (Phi) is 3.26. The molecule has 1 heterocycles. The highest BCUT2D eigenvalue weighted by Gasteiger charge is 1.98. The zero-order valence-corrected chi connectivity index (χ0v) is 7.10. The quantitative estimate of drug-likeness (QED) is 0.623. The zero-order valence-electron chi connectivity index (χ0n) is 7.10. The highest BCUT2D eigenvalue weighted by Crippen LogP contribution is 1.99. The molecule has 0 bridgehead atoms. The van der Waals surface area contributed by atoms with Gasteiger partial charge in [0.15, 0.2) is 0 Å². The van der Waals surface area contributed by atoms with Gasteiger partial charge in [0.25, 0.3) is 0 Å². The van der Waals surface area contributed by atoms with E-state index in [1.54, 1.807) is 17.3 Å². The Balaban J connectivity index is 2.56. The summed E-state index contributed by atoms with van der Waals surface area (Å²) < 4.78 is 0. The fourth-order valence-electron chi connectivity index (χ4n) is 0.946. The molecule has 12 heavy (non-hydrogen) atoms. The summed E-state index contributed by atoms with van der Waals surface area (Å²) >= 11 is 0. The largest absolute Gasteiger partial charge is 0.341 e. The zero-order chi connectivity index (χ0) is 8.81. The topological polar surface area (TPSA) is 33.2 Å². The lowest BCUT2D eigenvalue weighted by molar-refractivity contribution is -0.118. The number of rotatable bonds is 4. The second-order valence-electron chi connectivity index (χ2n) is 2.52. The number of carbonyl (C=O) groups excluding carboxylic acids is 1. The molecule has 0 atom stereocenters. The molecule has 0 fully saturated rings. The van der Waals surface area contributed by atoms with E-state index in [1.807, 2.05) is 19.1 Å². The van der Waals surface area contributed by atoms with Crippen LogP contribution in [-0.4, -0.2) is 22.8 Å². The highest BCUT2D eigenvalue weighted by molar-refractivity contribution is 5.47. The third-order valence-electron chi connectivity index (χ3n) is 1.69. The van der Waals surface area contributed by atoms with Crippen LogP contribution >= 0.6 is 0 Å². The summed E-state index contributed by atoms with van der Waals surface area (Å²) in [5.74, 6) is 0. The predicted molar refractivity (Wildman–Crippen MR) is 46.4 cm³/mol. The predicted octanol–water partition coefficient (Wildman–Crippen LogP) is 1.06. The van der Waals surface area contributed by atoms with Crippen molar-refractivity contribution >= 4 is 6.41 Å². The minimum Gasteiger partial charge on any atom is -0.341 e. The number of carbonyl (C=O) groups is 1. The molecular weight excluding hydrogens is 152 g/mol. The lowest BCUT2D eigenvalue weighted by atomic mass is 10.2. The second-order valence-corrected chi connectivity index (χ2v) is 2.52. The van der Waals surface area contributed by atoms with Crippen LogP contribution in [0.4, 0.5) is 0 Å². The van der Waals surface area contributed by atoms with Crippen LogP contribution in [0.5, 0.6) is 0 Å². The minimum atomic E-state index is 0.669. The van der Waals surface area contributed by atoms with Gasteiger partial charge in [0.2, 0.25) is 6.41 Å². The van der Waals surface area contributed by atoms with Crippen LogP contribution in [0, 0.1) is 0 Å². The number of pyridine rings is 1. The van der Waals surface area contributed by atoms with Gasteiger partial charge in [-0.3, -0.25) is 9.78 Å². The van der Waals surface area contributed by atoms with Crippen LogP contribution < -0.4 is 0 Å². The summed E-state index contributed by atoms with van der Waals surface area (Å²) in [4.78, 5) is 16.1. The van der Waals surface area contributed by atoms with Crippen molar-refractivity contribution in [3.05, 3.63) is 30.1 Å². The maximum absolute atomic E-state index is 10.5. The summed E-state index contributed by atoms with van der Waals surface area (Å²) in [6.45, 7) is 3.37. The minimum absolute atomic E-state index is 0.669. The van der Waals surface area contributed by atoms with Gasteiger partial charge >= 0.3 is 0 Å². The Labute approximate surface area is 72.0 Å².